The summed E-state index contributed by atoms with van der Waals surface area (Å²) in [6.07, 6.45) is 0.161. The lowest BCUT2D eigenvalue weighted by molar-refractivity contribution is -0.128. The van der Waals surface area contributed by atoms with Gasteiger partial charge in [0.15, 0.2) is 0 Å². The average Bonchev–Trinajstić information content (AvgIpc) is 3.50. The normalized spacial score (nSPS) is 13.4. The number of primary amides is 1. The Morgan fingerprint density at radius 2 is 1.33 bits per heavy atom. The van der Waals surface area contributed by atoms with Crippen LogP contribution < -0.4 is 38.1 Å². The number of rotatable bonds is 17. The van der Waals surface area contributed by atoms with Gasteiger partial charge in [-0.3, -0.25) is 14.4 Å². The quantitative estimate of drug-likeness (QED) is 0.0779. The van der Waals surface area contributed by atoms with Crippen molar-refractivity contribution in [2.24, 2.45) is 17.4 Å². The molecule has 0 radical (unpaired) electrons. The molecule has 288 valence electrons. The Balaban J connectivity index is 1.16. The van der Waals surface area contributed by atoms with Gasteiger partial charge in [-0.2, -0.15) is 0 Å². The van der Waals surface area contributed by atoms with E-state index in [-0.39, 0.29) is 43.9 Å². The highest BCUT2D eigenvalue weighted by atomic mass is 16.5. The van der Waals surface area contributed by atoms with E-state index in [1.165, 1.54) is 0 Å². The molecule has 4 aromatic carbocycles. The van der Waals surface area contributed by atoms with Crippen molar-refractivity contribution in [1.82, 2.24) is 21.3 Å². The van der Waals surface area contributed by atoms with Crippen LogP contribution in [0.1, 0.15) is 54.9 Å². The Morgan fingerprint density at radius 3 is 1.95 bits per heavy atom. The highest BCUT2D eigenvalue weighted by Crippen LogP contribution is 2.44. The van der Waals surface area contributed by atoms with Crippen molar-refractivity contribution in [2.75, 3.05) is 18.5 Å². The molecule has 1 aliphatic carbocycles. The number of ether oxygens (including phenoxy) is 1. The van der Waals surface area contributed by atoms with E-state index in [0.717, 1.165) is 33.4 Å². The molecule has 0 spiro atoms. The Labute approximate surface area is 321 Å². The van der Waals surface area contributed by atoms with Gasteiger partial charge in [0.25, 0.3) is 0 Å². The molecule has 0 saturated heterocycles. The summed E-state index contributed by atoms with van der Waals surface area (Å²) in [6.45, 7) is 4.07. The maximum Gasteiger partial charge on any atom is 0.407 e. The largest absolute Gasteiger partial charge is 0.449 e. The number of fused-ring (bicyclic) bond motifs is 3. The number of hydrogen-bond donors (Lipinski definition) is 7. The van der Waals surface area contributed by atoms with Crippen LogP contribution in [0, 0.1) is 5.92 Å². The van der Waals surface area contributed by atoms with Gasteiger partial charge >= 0.3 is 12.1 Å². The van der Waals surface area contributed by atoms with Crippen LogP contribution in [0.25, 0.3) is 11.1 Å². The lowest BCUT2D eigenvalue weighted by Gasteiger charge is -2.25. The first kappa shape index (κ1) is 40.0. The number of hydrogen-bond acceptors (Lipinski definition) is 7. The molecule has 0 bridgehead atoms. The highest BCUT2D eigenvalue weighted by Gasteiger charge is 2.32. The van der Waals surface area contributed by atoms with Crippen LogP contribution in [0.2, 0.25) is 0 Å². The van der Waals surface area contributed by atoms with Crippen LogP contribution in [0.15, 0.2) is 103 Å². The van der Waals surface area contributed by atoms with Crippen LogP contribution in [-0.4, -0.2) is 61.1 Å². The number of anilines is 1. The summed E-state index contributed by atoms with van der Waals surface area (Å²) in [7, 11) is 0. The second-order valence-corrected chi connectivity index (χ2v) is 13.9. The van der Waals surface area contributed by atoms with Gasteiger partial charge in [-0.1, -0.05) is 105 Å². The topological polar surface area (TPSA) is 207 Å². The molecule has 0 saturated carbocycles. The number of amides is 6. The molecule has 55 heavy (non-hydrogen) atoms. The first-order valence-electron chi connectivity index (χ1n) is 18.4. The minimum absolute atomic E-state index is 0.0805. The van der Waals surface area contributed by atoms with Crippen molar-refractivity contribution >= 4 is 35.5 Å². The van der Waals surface area contributed by atoms with Crippen LogP contribution in [0.4, 0.5) is 15.3 Å². The average molecular weight is 748 g/mol. The van der Waals surface area contributed by atoms with E-state index in [1.54, 1.807) is 38.1 Å². The van der Waals surface area contributed by atoms with E-state index in [9.17, 15) is 24.0 Å². The van der Waals surface area contributed by atoms with Gasteiger partial charge in [0.2, 0.25) is 17.7 Å². The van der Waals surface area contributed by atoms with Gasteiger partial charge < -0.3 is 42.8 Å². The molecule has 6 amide bonds. The van der Waals surface area contributed by atoms with Crippen molar-refractivity contribution in [1.29, 1.82) is 0 Å². The lowest BCUT2D eigenvalue weighted by atomic mass is 9.98. The predicted octanol–water partition coefficient (Wildman–Crippen LogP) is 4.31. The van der Waals surface area contributed by atoms with Crippen molar-refractivity contribution < 1.29 is 28.7 Å². The van der Waals surface area contributed by atoms with Crippen LogP contribution in [0.5, 0.6) is 0 Å². The number of benzene rings is 4. The molecule has 0 aromatic heterocycles. The summed E-state index contributed by atoms with van der Waals surface area (Å²) < 4.78 is 5.69. The molecule has 3 atom stereocenters. The summed E-state index contributed by atoms with van der Waals surface area (Å²) in [5.41, 5.74) is 17.8. The van der Waals surface area contributed by atoms with Crippen LogP contribution in [0.3, 0.4) is 0 Å². The minimum atomic E-state index is -1.02. The third-order valence-electron chi connectivity index (χ3n) is 9.49. The molecule has 0 aliphatic heterocycles. The smallest absolute Gasteiger partial charge is 0.407 e. The molecular formula is C42H49N7O6. The number of urea groups is 1. The fourth-order valence-corrected chi connectivity index (χ4v) is 6.57. The molecule has 0 heterocycles. The molecule has 13 heteroatoms. The molecule has 0 unspecified atom stereocenters. The first-order chi connectivity index (χ1) is 26.5. The third-order valence-corrected chi connectivity index (χ3v) is 9.49. The Morgan fingerprint density at radius 1 is 0.709 bits per heavy atom. The Bertz CT molecular complexity index is 1910. The number of nitrogens with one attached hydrogen (secondary N) is 5. The van der Waals surface area contributed by atoms with Crippen molar-refractivity contribution in [3.8, 4) is 11.1 Å². The zero-order valence-corrected chi connectivity index (χ0v) is 31.0. The Hall–Kier alpha value is -6.21. The Kier molecular flexibility index (Phi) is 14.0. The molecule has 5 rings (SSSR count). The van der Waals surface area contributed by atoms with E-state index < -0.39 is 42.1 Å². The molecule has 0 fully saturated rings. The predicted molar refractivity (Wildman–Crippen MR) is 211 cm³/mol. The fourth-order valence-electron chi connectivity index (χ4n) is 6.57. The van der Waals surface area contributed by atoms with E-state index in [1.807, 2.05) is 78.9 Å². The van der Waals surface area contributed by atoms with Gasteiger partial charge in [-0.25, -0.2) is 9.59 Å². The van der Waals surface area contributed by atoms with E-state index in [0.29, 0.717) is 18.5 Å². The molecule has 4 aromatic rings. The molecule has 9 N–H and O–H groups in total. The van der Waals surface area contributed by atoms with Crippen LogP contribution in [-0.2, 0) is 32.1 Å². The van der Waals surface area contributed by atoms with Crippen molar-refractivity contribution in [3.05, 3.63) is 125 Å². The summed E-state index contributed by atoms with van der Waals surface area (Å²) in [4.78, 5) is 64.1. The number of alkyl carbamates (subject to hydrolysis) is 1. The second kappa shape index (κ2) is 19.2. The SMILES string of the molecule is CC(C)[C@H](NC(=O)OCC1c2ccccc2-c2ccccc21)C(=O)N[C@@H](CCCNC(N)=O)C(=O)Nc1ccc(CNC(=O)[C@@H](N)Cc2ccccc2)cc1. The summed E-state index contributed by atoms with van der Waals surface area (Å²) in [5.74, 6) is -1.84. The molecular weight excluding hydrogens is 699 g/mol. The second-order valence-electron chi connectivity index (χ2n) is 13.9. The molecule has 1 aliphatic rings. The van der Waals surface area contributed by atoms with Gasteiger partial charge in [-0.15, -0.1) is 0 Å². The lowest BCUT2D eigenvalue weighted by Crippen LogP contribution is -2.54. The third kappa shape index (κ3) is 11.2. The van der Waals surface area contributed by atoms with Crippen LogP contribution >= 0.6 is 0 Å². The van der Waals surface area contributed by atoms with Crippen molar-refractivity contribution in [3.63, 3.8) is 0 Å². The first-order valence-corrected chi connectivity index (χ1v) is 18.4. The summed E-state index contributed by atoms with van der Waals surface area (Å²) in [6, 6.07) is 29.0. The van der Waals surface area contributed by atoms with Gasteiger partial charge in [0.1, 0.15) is 18.7 Å². The minimum Gasteiger partial charge on any atom is -0.449 e. The number of nitrogens with two attached hydrogens (primary N) is 2. The number of carbonyl (C=O) groups excluding carboxylic acids is 5. The van der Waals surface area contributed by atoms with Gasteiger partial charge in [0.05, 0.1) is 6.04 Å². The van der Waals surface area contributed by atoms with Crippen molar-refractivity contribution in [2.45, 2.75) is 63.7 Å². The van der Waals surface area contributed by atoms with E-state index >= 15 is 0 Å². The number of carbonyl (C=O) groups is 5. The van der Waals surface area contributed by atoms with Gasteiger partial charge in [0, 0.05) is 24.7 Å². The highest BCUT2D eigenvalue weighted by molar-refractivity contribution is 5.98. The fraction of sp³-hybridized carbons (Fsp3) is 0.310. The van der Waals surface area contributed by atoms with E-state index in [2.05, 4.69) is 26.6 Å². The van der Waals surface area contributed by atoms with E-state index in [4.69, 9.17) is 16.2 Å². The summed E-state index contributed by atoms with van der Waals surface area (Å²) >= 11 is 0. The summed E-state index contributed by atoms with van der Waals surface area (Å²) in [5, 5.41) is 13.6. The maximum atomic E-state index is 13.6. The zero-order chi connectivity index (χ0) is 39.3. The maximum absolute atomic E-state index is 13.6. The van der Waals surface area contributed by atoms with Gasteiger partial charge in [-0.05, 0) is 70.7 Å². The standard InChI is InChI=1S/C42H49N7O6/c1-26(2)37(49-42(54)55-25-34-32-15-8-6-13-30(32)31-14-7-9-16-33(31)34)40(52)48-36(17-10-22-45-41(44)53)39(51)47-29-20-18-28(19-21-29)24-46-38(50)35(43)23-27-11-4-3-5-12-27/h3-9,11-16,18-21,26,34-37H,10,17,22-25,43H2,1-2H3,(H,46,50)(H,47,51)(H,48,52)(H,49,54)(H3,44,45,53)/t35-,36-,37-/m0/s1. The monoisotopic (exact) mass is 747 g/mol. The zero-order valence-electron chi connectivity index (χ0n) is 31.0. The molecule has 13 nitrogen and oxygen atoms in total.